The number of nitrogens with zero attached hydrogens (tertiary/aromatic N) is 3. The molecule has 0 bridgehead atoms. The molecule has 0 unspecified atom stereocenters. The first-order chi connectivity index (χ1) is 25.3. The summed E-state index contributed by atoms with van der Waals surface area (Å²) in [6.07, 6.45) is 0. The van der Waals surface area contributed by atoms with Crippen LogP contribution in [0.2, 0.25) is 0 Å². The number of fused-ring (bicyclic) bond motifs is 7. The van der Waals surface area contributed by atoms with Crippen LogP contribution in [0.15, 0.2) is 188 Å². The van der Waals surface area contributed by atoms with Crippen LogP contribution in [0.1, 0.15) is 0 Å². The third-order valence-corrected chi connectivity index (χ3v) is 9.97. The molecular formula is C48H31N3. The fourth-order valence-electron chi connectivity index (χ4n) is 7.58. The molecule has 0 radical (unpaired) electrons. The first-order valence-corrected chi connectivity index (χ1v) is 17.3. The molecule has 10 aromatic rings. The van der Waals surface area contributed by atoms with Crippen LogP contribution < -0.4 is 0 Å². The van der Waals surface area contributed by atoms with E-state index in [2.05, 4.69) is 187 Å². The van der Waals surface area contributed by atoms with E-state index in [4.69, 9.17) is 9.97 Å². The summed E-state index contributed by atoms with van der Waals surface area (Å²) in [6.45, 7) is 0. The lowest BCUT2D eigenvalue weighted by Crippen LogP contribution is -1.97. The second-order valence-corrected chi connectivity index (χ2v) is 13.0. The molecule has 0 atom stereocenters. The fraction of sp³-hybridized carbons (Fsp3) is 0. The predicted molar refractivity (Wildman–Crippen MR) is 213 cm³/mol. The summed E-state index contributed by atoms with van der Waals surface area (Å²) in [5.41, 5.74) is 12.8. The Balaban J connectivity index is 1.21. The molecule has 0 aliphatic heterocycles. The molecule has 7 aromatic carbocycles. The second kappa shape index (κ2) is 11.9. The molecule has 238 valence electrons. The van der Waals surface area contributed by atoms with Gasteiger partial charge in [-0.2, -0.15) is 0 Å². The summed E-state index contributed by atoms with van der Waals surface area (Å²) in [7, 11) is 0. The molecule has 0 fully saturated rings. The molecule has 0 spiro atoms. The number of rotatable bonds is 5. The summed E-state index contributed by atoms with van der Waals surface area (Å²) in [5.74, 6) is 0. The van der Waals surface area contributed by atoms with Gasteiger partial charge in [-0.1, -0.05) is 152 Å². The SMILES string of the molecule is c1ccc(-c2cc(-c3ccccc3)nc(-c3ccc(-c4nc5ccccc5c5ccc6c7ccccc7n(-c7ccccc7)c6c45)cc3)c2)cc1. The van der Waals surface area contributed by atoms with Crippen molar-refractivity contribution in [1.82, 2.24) is 14.5 Å². The van der Waals surface area contributed by atoms with Crippen LogP contribution in [0.4, 0.5) is 0 Å². The van der Waals surface area contributed by atoms with E-state index in [-0.39, 0.29) is 0 Å². The molecule has 0 aliphatic rings. The van der Waals surface area contributed by atoms with Gasteiger partial charge in [0, 0.05) is 43.9 Å². The maximum atomic E-state index is 5.41. The molecule has 0 aliphatic carbocycles. The standard InChI is InChI=1S/C48H31N3/c1-4-14-32(15-5-1)36-30-43(33-16-6-2-7-17-33)49-44(31-36)34-24-26-35(27-25-34)47-46-40(38-20-10-12-22-42(38)50-47)28-29-41-39-21-11-13-23-45(39)51(48(41)46)37-18-8-3-9-19-37/h1-31H. The average Bonchev–Trinajstić information content (AvgIpc) is 3.56. The number of hydrogen-bond donors (Lipinski definition) is 0. The maximum Gasteiger partial charge on any atom is 0.0809 e. The lowest BCUT2D eigenvalue weighted by atomic mass is 9.96. The minimum Gasteiger partial charge on any atom is -0.309 e. The molecule has 0 saturated heterocycles. The molecular weight excluding hydrogens is 619 g/mol. The van der Waals surface area contributed by atoms with Gasteiger partial charge in [0.15, 0.2) is 0 Å². The number of benzene rings is 7. The number of aromatic nitrogens is 3. The smallest absolute Gasteiger partial charge is 0.0809 e. The molecule has 3 aromatic heterocycles. The molecule has 3 nitrogen and oxygen atoms in total. The van der Waals surface area contributed by atoms with Gasteiger partial charge in [-0.15, -0.1) is 0 Å². The largest absolute Gasteiger partial charge is 0.309 e. The number of para-hydroxylation sites is 3. The van der Waals surface area contributed by atoms with Gasteiger partial charge in [0.05, 0.1) is 33.6 Å². The van der Waals surface area contributed by atoms with Crippen molar-refractivity contribution in [3.63, 3.8) is 0 Å². The zero-order chi connectivity index (χ0) is 33.7. The van der Waals surface area contributed by atoms with E-state index in [9.17, 15) is 0 Å². The maximum absolute atomic E-state index is 5.41. The van der Waals surface area contributed by atoms with Gasteiger partial charge in [-0.3, -0.25) is 0 Å². The van der Waals surface area contributed by atoms with E-state index in [0.29, 0.717) is 0 Å². The fourth-order valence-corrected chi connectivity index (χ4v) is 7.58. The van der Waals surface area contributed by atoms with Crippen molar-refractivity contribution < 1.29 is 0 Å². The molecule has 3 heteroatoms. The average molecular weight is 650 g/mol. The number of pyridine rings is 2. The summed E-state index contributed by atoms with van der Waals surface area (Å²) < 4.78 is 2.41. The Hall–Kier alpha value is -6.84. The molecule has 3 heterocycles. The van der Waals surface area contributed by atoms with Gasteiger partial charge in [0.25, 0.3) is 0 Å². The van der Waals surface area contributed by atoms with Gasteiger partial charge in [0.2, 0.25) is 0 Å². The Labute approximate surface area is 295 Å². The lowest BCUT2D eigenvalue weighted by Gasteiger charge is -2.15. The molecule has 0 amide bonds. The summed E-state index contributed by atoms with van der Waals surface area (Å²) in [6, 6.07) is 66.6. The Morgan fingerprint density at radius 3 is 1.63 bits per heavy atom. The van der Waals surface area contributed by atoms with Crippen LogP contribution in [0.5, 0.6) is 0 Å². The molecule has 0 N–H and O–H groups in total. The van der Waals surface area contributed by atoms with Gasteiger partial charge >= 0.3 is 0 Å². The van der Waals surface area contributed by atoms with Crippen molar-refractivity contribution >= 4 is 43.5 Å². The van der Waals surface area contributed by atoms with E-state index >= 15 is 0 Å². The highest BCUT2D eigenvalue weighted by Gasteiger charge is 2.20. The van der Waals surface area contributed by atoms with E-state index < -0.39 is 0 Å². The molecule has 51 heavy (non-hydrogen) atoms. The van der Waals surface area contributed by atoms with Crippen molar-refractivity contribution in [2.24, 2.45) is 0 Å². The van der Waals surface area contributed by atoms with Gasteiger partial charge in [0.1, 0.15) is 0 Å². The van der Waals surface area contributed by atoms with E-state index in [0.717, 1.165) is 61.3 Å². The van der Waals surface area contributed by atoms with Crippen LogP contribution in [0, 0.1) is 0 Å². The van der Waals surface area contributed by atoms with Crippen LogP contribution in [-0.4, -0.2) is 14.5 Å². The van der Waals surface area contributed by atoms with E-state index in [1.807, 2.05) is 6.07 Å². The van der Waals surface area contributed by atoms with Crippen LogP contribution in [0.25, 0.3) is 94.1 Å². The second-order valence-electron chi connectivity index (χ2n) is 13.0. The van der Waals surface area contributed by atoms with E-state index in [1.165, 1.54) is 32.8 Å². The van der Waals surface area contributed by atoms with Gasteiger partial charge in [-0.05, 0) is 52.9 Å². The predicted octanol–water partition coefficient (Wildman–Crippen LogP) is 12.5. The first-order valence-electron chi connectivity index (χ1n) is 17.3. The summed E-state index contributed by atoms with van der Waals surface area (Å²) >= 11 is 0. The van der Waals surface area contributed by atoms with Crippen LogP contribution in [0.3, 0.4) is 0 Å². The van der Waals surface area contributed by atoms with Crippen LogP contribution >= 0.6 is 0 Å². The molecule has 0 saturated carbocycles. The highest BCUT2D eigenvalue weighted by Crippen LogP contribution is 2.42. The monoisotopic (exact) mass is 649 g/mol. The summed E-state index contributed by atoms with van der Waals surface area (Å²) in [4.78, 5) is 10.6. The first kappa shape index (κ1) is 29.1. The zero-order valence-electron chi connectivity index (χ0n) is 27.7. The zero-order valence-corrected chi connectivity index (χ0v) is 27.7. The highest BCUT2D eigenvalue weighted by atomic mass is 15.0. The van der Waals surface area contributed by atoms with Gasteiger partial charge in [-0.25, -0.2) is 9.97 Å². The Morgan fingerprint density at radius 1 is 0.353 bits per heavy atom. The van der Waals surface area contributed by atoms with Crippen molar-refractivity contribution in [2.75, 3.05) is 0 Å². The quantitative estimate of drug-likeness (QED) is 0.174. The van der Waals surface area contributed by atoms with Crippen molar-refractivity contribution in [3.8, 4) is 50.6 Å². The van der Waals surface area contributed by atoms with E-state index in [1.54, 1.807) is 0 Å². The van der Waals surface area contributed by atoms with Crippen LogP contribution in [-0.2, 0) is 0 Å². The van der Waals surface area contributed by atoms with Gasteiger partial charge < -0.3 is 4.57 Å². The Kier molecular flexibility index (Phi) is 6.81. The highest BCUT2D eigenvalue weighted by molar-refractivity contribution is 6.25. The third-order valence-electron chi connectivity index (χ3n) is 9.97. The van der Waals surface area contributed by atoms with Crippen molar-refractivity contribution in [2.45, 2.75) is 0 Å². The molecule has 10 rings (SSSR count). The third kappa shape index (κ3) is 4.90. The Bertz CT molecular complexity index is 2820. The normalized spacial score (nSPS) is 11.5. The minimum atomic E-state index is 0.935. The van der Waals surface area contributed by atoms with Crippen molar-refractivity contribution in [1.29, 1.82) is 0 Å². The minimum absolute atomic E-state index is 0.935. The summed E-state index contributed by atoms with van der Waals surface area (Å²) in [5, 5.41) is 5.93. The lowest BCUT2D eigenvalue weighted by molar-refractivity contribution is 1.19. The Morgan fingerprint density at radius 2 is 0.902 bits per heavy atom. The number of hydrogen-bond acceptors (Lipinski definition) is 2. The van der Waals surface area contributed by atoms with Crippen molar-refractivity contribution in [3.05, 3.63) is 188 Å². The topological polar surface area (TPSA) is 30.7 Å².